The molecule has 2 aliphatic rings. The van der Waals surface area contributed by atoms with Crippen molar-refractivity contribution in [3.63, 3.8) is 0 Å². The molecule has 1 aliphatic carbocycles. The van der Waals surface area contributed by atoms with Crippen molar-refractivity contribution < 1.29 is 22.9 Å². The second-order valence-electron chi connectivity index (χ2n) is 6.08. The van der Waals surface area contributed by atoms with E-state index in [0.717, 1.165) is 12.1 Å². The Hall–Kier alpha value is -1.77. The summed E-state index contributed by atoms with van der Waals surface area (Å²) in [4.78, 5) is 24.8. The van der Waals surface area contributed by atoms with E-state index in [1.54, 1.807) is 0 Å². The quantitative estimate of drug-likeness (QED) is 0.597. The molecular weight excluding hydrogens is 345 g/mol. The molecule has 130 valence electrons. The van der Waals surface area contributed by atoms with E-state index in [2.05, 4.69) is 0 Å². The Morgan fingerprint density at radius 3 is 2.71 bits per heavy atom. The molecule has 3 unspecified atom stereocenters. The number of fused-ring (bicyclic) bond motifs is 1. The molecule has 9 heteroatoms. The molecule has 0 radical (unpaired) electrons. The number of amides is 1. The van der Waals surface area contributed by atoms with Gasteiger partial charge in [-0.2, -0.15) is 13.2 Å². The monoisotopic (exact) mass is 360 g/mol. The second-order valence-corrected chi connectivity index (χ2v) is 7.56. The number of carbonyl (C=O) groups excluding carboxylic acids is 1. The van der Waals surface area contributed by atoms with E-state index in [0.29, 0.717) is 11.3 Å². The van der Waals surface area contributed by atoms with Crippen LogP contribution in [0.3, 0.4) is 0 Å². The van der Waals surface area contributed by atoms with Crippen molar-refractivity contribution in [2.24, 2.45) is 5.92 Å². The Bertz CT molecular complexity index is 695. The molecule has 5 nitrogen and oxygen atoms in total. The zero-order valence-electron chi connectivity index (χ0n) is 12.7. The van der Waals surface area contributed by atoms with Crippen LogP contribution < -0.4 is 4.90 Å². The van der Waals surface area contributed by atoms with Crippen molar-refractivity contribution in [2.75, 3.05) is 11.4 Å². The molecule has 1 aromatic carbocycles. The van der Waals surface area contributed by atoms with Crippen LogP contribution in [0.4, 0.5) is 18.9 Å². The topological polar surface area (TPSA) is 63.5 Å². The first-order chi connectivity index (χ1) is 11.2. The van der Waals surface area contributed by atoms with E-state index >= 15 is 0 Å². The van der Waals surface area contributed by atoms with Crippen molar-refractivity contribution in [3.8, 4) is 0 Å². The fourth-order valence-electron chi connectivity index (χ4n) is 2.82. The molecule has 0 N–H and O–H groups in total. The molecule has 1 saturated carbocycles. The minimum atomic E-state index is -4.50. The Balaban J connectivity index is 1.96. The molecule has 1 amide bonds. The normalized spacial score (nSPS) is 26.5. The predicted octanol–water partition coefficient (Wildman–Crippen LogP) is 3.59. The molecule has 1 aromatic rings. The van der Waals surface area contributed by atoms with Crippen LogP contribution in [0.25, 0.3) is 0 Å². The Morgan fingerprint density at radius 1 is 1.42 bits per heavy atom. The second kappa shape index (κ2) is 5.94. The van der Waals surface area contributed by atoms with Gasteiger partial charge in [0.25, 0.3) is 0 Å². The average molecular weight is 360 g/mol. The summed E-state index contributed by atoms with van der Waals surface area (Å²) in [7, 11) is 0. The third-order valence-electron chi connectivity index (χ3n) is 4.28. The molecule has 1 fully saturated rings. The maximum atomic E-state index is 13.0. The molecule has 0 bridgehead atoms. The smallest absolute Gasteiger partial charge is 0.311 e. The fraction of sp³-hybridized carbons (Fsp3) is 0.533. The maximum Gasteiger partial charge on any atom is 0.416 e. The van der Waals surface area contributed by atoms with Gasteiger partial charge in [0.15, 0.2) is 0 Å². The summed E-state index contributed by atoms with van der Waals surface area (Å²) in [5.41, 5.74) is -0.617. The van der Waals surface area contributed by atoms with Gasteiger partial charge in [-0.1, -0.05) is 6.92 Å². The summed E-state index contributed by atoms with van der Waals surface area (Å²) in [5.74, 6) is -1.19. The summed E-state index contributed by atoms with van der Waals surface area (Å²) >= 11 is 1.42. The first-order valence-electron chi connectivity index (χ1n) is 7.51. The van der Waals surface area contributed by atoms with Crippen molar-refractivity contribution in [1.82, 2.24) is 0 Å². The SMILES string of the molecule is CC1CCN(C(=O)C2CC2[N+](=O)[O-])c2cc(C(F)(F)F)ccc2S1. The highest BCUT2D eigenvalue weighted by atomic mass is 32.2. The lowest BCUT2D eigenvalue weighted by atomic mass is 10.1. The number of nitro groups is 1. The molecule has 24 heavy (non-hydrogen) atoms. The number of nitrogens with zero attached hydrogens (tertiary/aromatic N) is 2. The molecular formula is C15H15F3N2O3S. The van der Waals surface area contributed by atoms with Gasteiger partial charge in [0.05, 0.1) is 11.3 Å². The molecule has 0 spiro atoms. The average Bonchev–Trinajstić information content (AvgIpc) is 3.28. The third kappa shape index (κ3) is 3.22. The number of thioether (sulfide) groups is 1. The van der Waals surface area contributed by atoms with Crippen LogP contribution in [-0.4, -0.2) is 28.7 Å². The van der Waals surface area contributed by atoms with Crippen molar-refractivity contribution in [3.05, 3.63) is 33.9 Å². The number of anilines is 1. The third-order valence-corrected chi connectivity index (χ3v) is 5.51. The Labute approximate surface area is 140 Å². The van der Waals surface area contributed by atoms with Crippen LogP contribution in [0.1, 0.15) is 25.3 Å². The minimum absolute atomic E-state index is 0.142. The van der Waals surface area contributed by atoms with E-state index in [9.17, 15) is 28.1 Å². The van der Waals surface area contributed by atoms with Crippen LogP contribution >= 0.6 is 11.8 Å². The lowest BCUT2D eigenvalue weighted by Crippen LogP contribution is -2.35. The highest BCUT2D eigenvalue weighted by Gasteiger charge is 2.55. The molecule has 1 heterocycles. The van der Waals surface area contributed by atoms with Crippen LogP contribution in [0.2, 0.25) is 0 Å². The summed E-state index contributed by atoms with van der Waals surface area (Å²) in [6.07, 6.45) is -3.74. The number of benzene rings is 1. The lowest BCUT2D eigenvalue weighted by molar-refractivity contribution is -0.497. The van der Waals surface area contributed by atoms with Gasteiger partial charge in [0, 0.05) is 28.0 Å². The summed E-state index contributed by atoms with van der Waals surface area (Å²) in [5, 5.41) is 10.9. The van der Waals surface area contributed by atoms with Crippen molar-refractivity contribution >= 4 is 23.4 Å². The predicted molar refractivity (Wildman–Crippen MR) is 82.6 cm³/mol. The van der Waals surface area contributed by atoms with Gasteiger partial charge < -0.3 is 4.90 Å². The van der Waals surface area contributed by atoms with E-state index < -0.39 is 34.5 Å². The van der Waals surface area contributed by atoms with Crippen molar-refractivity contribution in [2.45, 2.75) is 42.1 Å². The number of hydrogen-bond acceptors (Lipinski definition) is 4. The first-order valence-corrected chi connectivity index (χ1v) is 8.39. The van der Waals surface area contributed by atoms with Gasteiger partial charge in [-0.05, 0) is 24.6 Å². The van der Waals surface area contributed by atoms with E-state index in [-0.39, 0.29) is 23.9 Å². The first kappa shape index (κ1) is 17.1. The summed E-state index contributed by atoms with van der Waals surface area (Å²) in [6, 6.07) is 2.44. The van der Waals surface area contributed by atoms with Gasteiger partial charge >= 0.3 is 6.18 Å². The molecule has 0 aromatic heterocycles. The van der Waals surface area contributed by atoms with Crippen LogP contribution in [0.15, 0.2) is 23.1 Å². The number of rotatable bonds is 2. The number of halogens is 3. The van der Waals surface area contributed by atoms with Gasteiger partial charge in [-0.15, -0.1) is 11.8 Å². The summed E-state index contributed by atoms with van der Waals surface area (Å²) < 4.78 is 39.0. The van der Waals surface area contributed by atoms with Gasteiger partial charge in [0.2, 0.25) is 11.9 Å². The van der Waals surface area contributed by atoms with E-state index in [1.165, 1.54) is 22.7 Å². The molecule has 3 atom stereocenters. The largest absolute Gasteiger partial charge is 0.416 e. The van der Waals surface area contributed by atoms with Crippen LogP contribution in [0.5, 0.6) is 0 Å². The van der Waals surface area contributed by atoms with Crippen molar-refractivity contribution in [1.29, 1.82) is 0 Å². The highest BCUT2D eigenvalue weighted by molar-refractivity contribution is 8.00. The van der Waals surface area contributed by atoms with Crippen LogP contribution in [-0.2, 0) is 11.0 Å². The highest BCUT2D eigenvalue weighted by Crippen LogP contribution is 2.43. The fourth-order valence-corrected chi connectivity index (χ4v) is 3.91. The van der Waals surface area contributed by atoms with Gasteiger partial charge in [-0.3, -0.25) is 14.9 Å². The summed E-state index contributed by atoms with van der Waals surface area (Å²) in [6.45, 7) is 2.21. The minimum Gasteiger partial charge on any atom is -0.311 e. The molecule has 3 rings (SSSR count). The Kier molecular flexibility index (Phi) is 4.23. The van der Waals surface area contributed by atoms with Gasteiger partial charge in [0.1, 0.15) is 5.92 Å². The zero-order valence-corrected chi connectivity index (χ0v) is 13.6. The van der Waals surface area contributed by atoms with E-state index in [1.807, 2.05) is 6.92 Å². The number of hydrogen-bond donors (Lipinski definition) is 0. The van der Waals surface area contributed by atoms with E-state index in [4.69, 9.17) is 0 Å². The molecule has 0 saturated heterocycles. The van der Waals surface area contributed by atoms with Crippen LogP contribution in [0, 0.1) is 16.0 Å². The Morgan fingerprint density at radius 2 is 2.12 bits per heavy atom. The standard InChI is InChI=1S/C15H15F3N2O3S/c1-8-4-5-19(14(21)10-7-11(10)20(22)23)12-6-9(15(16,17)18)2-3-13(12)24-8/h2-3,6,8,10-11H,4-5,7H2,1H3. The zero-order chi connectivity index (χ0) is 17.6. The lowest BCUT2D eigenvalue weighted by Gasteiger charge is -2.23. The van der Waals surface area contributed by atoms with Gasteiger partial charge in [-0.25, -0.2) is 0 Å². The number of alkyl halides is 3. The number of carbonyl (C=O) groups is 1. The maximum absolute atomic E-state index is 13.0. The molecule has 1 aliphatic heterocycles.